The second-order valence-electron chi connectivity index (χ2n) is 5.47. The summed E-state index contributed by atoms with van der Waals surface area (Å²) >= 11 is 9.44. The van der Waals surface area contributed by atoms with Gasteiger partial charge in [-0.3, -0.25) is 0 Å². The average Bonchev–Trinajstić information content (AvgIpc) is 3.21. The zero-order valence-electron chi connectivity index (χ0n) is 13.8. The van der Waals surface area contributed by atoms with Crippen molar-refractivity contribution in [2.45, 2.75) is 5.03 Å². The number of thiophene rings is 1. The summed E-state index contributed by atoms with van der Waals surface area (Å²) in [7, 11) is 0. The fraction of sp³-hybridized carbons (Fsp3) is 0.100. The maximum absolute atomic E-state index is 6.12. The Hall–Kier alpha value is -2.08. The Morgan fingerprint density at radius 3 is 2.65 bits per heavy atom. The van der Waals surface area contributed by atoms with Crippen molar-refractivity contribution in [2.24, 2.45) is 0 Å². The van der Waals surface area contributed by atoms with E-state index in [1.807, 2.05) is 60.0 Å². The van der Waals surface area contributed by atoms with Gasteiger partial charge in [-0.2, -0.15) is 0 Å². The summed E-state index contributed by atoms with van der Waals surface area (Å²) in [6.45, 7) is 0.557. The first-order valence-corrected chi connectivity index (χ1v) is 10.4. The lowest BCUT2D eigenvalue weighted by atomic mass is 10.2. The molecule has 0 N–H and O–H groups in total. The van der Waals surface area contributed by atoms with Gasteiger partial charge in [-0.05, 0) is 29.6 Å². The molecule has 0 saturated carbocycles. The number of nitrogens with zero attached hydrogens (tertiary/aromatic N) is 2. The van der Waals surface area contributed by atoms with Crippen LogP contribution >= 0.6 is 34.7 Å². The van der Waals surface area contributed by atoms with Crippen molar-refractivity contribution >= 4 is 45.6 Å². The zero-order valence-corrected chi connectivity index (χ0v) is 16.2. The highest BCUT2D eigenvalue weighted by atomic mass is 35.5. The summed E-state index contributed by atoms with van der Waals surface area (Å²) in [6.07, 6.45) is 0. The van der Waals surface area contributed by atoms with Crippen LogP contribution < -0.4 is 4.74 Å². The van der Waals surface area contributed by atoms with Crippen LogP contribution in [0.5, 0.6) is 5.75 Å². The third-order valence-electron chi connectivity index (χ3n) is 3.73. The minimum absolute atomic E-state index is 0.557. The molecule has 130 valence electrons. The van der Waals surface area contributed by atoms with Crippen molar-refractivity contribution < 1.29 is 4.74 Å². The lowest BCUT2D eigenvalue weighted by Gasteiger charge is -2.09. The van der Waals surface area contributed by atoms with E-state index in [4.69, 9.17) is 26.3 Å². The minimum atomic E-state index is 0.557. The molecule has 0 amide bonds. The van der Waals surface area contributed by atoms with E-state index in [-0.39, 0.29) is 0 Å². The van der Waals surface area contributed by atoms with Gasteiger partial charge in [0, 0.05) is 11.1 Å². The molecule has 6 heteroatoms. The lowest BCUT2D eigenvalue weighted by Crippen LogP contribution is -2.01. The Labute approximate surface area is 165 Å². The maximum atomic E-state index is 6.12. The normalized spacial score (nSPS) is 11.0. The summed E-state index contributed by atoms with van der Waals surface area (Å²) < 4.78 is 5.78. The van der Waals surface area contributed by atoms with Crippen molar-refractivity contribution in [1.29, 1.82) is 0 Å². The van der Waals surface area contributed by atoms with E-state index >= 15 is 0 Å². The summed E-state index contributed by atoms with van der Waals surface area (Å²) in [5.41, 5.74) is 0.959. The highest BCUT2D eigenvalue weighted by molar-refractivity contribution is 7.99. The molecule has 0 radical (unpaired) electrons. The van der Waals surface area contributed by atoms with Gasteiger partial charge in [0.1, 0.15) is 10.8 Å². The molecule has 0 unspecified atom stereocenters. The molecule has 4 aromatic rings. The molecule has 2 aromatic carbocycles. The molecule has 4 rings (SSSR count). The van der Waals surface area contributed by atoms with Gasteiger partial charge in [0.25, 0.3) is 0 Å². The van der Waals surface area contributed by atoms with Crippen molar-refractivity contribution in [2.75, 3.05) is 12.4 Å². The number of benzene rings is 2. The summed E-state index contributed by atoms with van der Waals surface area (Å²) in [5, 5.41) is 4.71. The first-order chi connectivity index (χ1) is 12.8. The van der Waals surface area contributed by atoms with Crippen LogP contribution in [0.3, 0.4) is 0 Å². The molecular formula is C20H15ClN2OS2. The number of hydrogen-bond donors (Lipinski definition) is 0. The van der Waals surface area contributed by atoms with Gasteiger partial charge in [0.15, 0.2) is 5.82 Å². The van der Waals surface area contributed by atoms with Crippen molar-refractivity contribution in [3.8, 4) is 16.5 Å². The van der Waals surface area contributed by atoms with Gasteiger partial charge in [0.05, 0.1) is 22.0 Å². The van der Waals surface area contributed by atoms with Crippen molar-refractivity contribution in [1.82, 2.24) is 9.97 Å². The van der Waals surface area contributed by atoms with Gasteiger partial charge >= 0.3 is 0 Å². The van der Waals surface area contributed by atoms with E-state index in [0.29, 0.717) is 17.4 Å². The van der Waals surface area contributed by atoms with Gasteiger partial charge in [-0.25, -0.2) is 9.97 Å². The monoisotopic (exact) mass is 398 g/mol. The number of fused-ring (bicyclic) bond motifs is 1. The van der Waals surface area contributed by atoms with E-state index < -0.39 is 0 Å². The van der Waals surface area contributed by atoms with Gasteiger partial charge in [-0.1, -0.05) is 48.0 Å². The quantitative estimate of drug-likeness (QED) is 0.220. The molecule has 0 saturated heterocycles. The Morgan fingerprint density at radius 1 is 0.962 bits per heavy atom. The molecular weight excluding hydrogens is 384 g/mol. The molecule has 0 aliphatic carbocycles. The largest absolute Gasteiger partial charge is 0.491 e. The maximum Gasteiger partial charge on any atom is 0.171 e. The smallest absolute Gasteiger partial charge is 0.171 e. The SMILES string of the molecule is Clc1ccccc1OCCSc1nc(-c2cccs2)nc2ccccc12. The third kappa shape index (κ3) is 3.85. The van der Waals surface area contributed by atoms with Gasteiger partial charge in [0.2, 0.25) is 0 Å². The van der Waals surface area contributed by atoms with E-state index in [0.717, 1.165) is 32.4 Å². The topological polar surface area (TPSA) is 35.0 Å². The summed E-state index contributed by atoms with van der Waals surface area (Å²) in [4.78, 5) is 10.6. The first-order valence-electron chi connectivity index (χ1n) is 8.12. The molecule has 2 aromatic heterocycles. The molecule has 26 heavy (non-hydrogen) atoms. The van der Waals surface area contributed by atoms with Crippen LogP contribution in [-0.4, -0.2) is 22.3 Å². The average molecular weight is 399 g/mol. The van der Waals surface area contributed by atoms with Gasteiger partial charge in [-0.15, -0.1) is 23.1 Å². The van der Waals surface area contributed by atoms with Crippen molar-refractivity contribution in [3.63, 3.8) is 0 Å². The van der Waals surface area contributed by atoms with E-state index in [1.165, 1.54) is 0 Å². The summed E-state index contributed by atoms with van der Waals surface area (Å²) in [6, 6.07) is 19.7. The van der Waals surface area contributed by atoms with Crippen LogP contribution in [-0.2, 0) is 0 Å². The Morgan fingerprint density at radius 2 is 1.81 bits per heavy atom. The minimum Gasteiger partial charge on any atom is -0.491 e. The van der Waals surface area contributed by atoms with E-state index in [1.54, 1.807) is 23.1 Å². The molecule has 0 aliphatic heterocycles. The number of hydrogen-bond acceptors (Lipinski definition) is 5. The highest BCUT2D eigenvalue weighted by Crippen LogP contribution is 2.30. The molecule has 0 aliphatic rings. The van der Waals surface area contributed by atoms with Gasteiger partial charge < -0.3 is 4.74 Å². The number of halogens is 1. The third-order valence-corrected chi connectivity index (χ3v) is 5.86. The number of rotatable bonds is 6. The standard InChI is InChI=1S/C20H15ClN2OS2/c21-15-7-2-4-9-17(15)24-11-13-26-20-14-6-1-3-8-16(14)22-19(23-20)18-10-5-12-25-18/h1-10,12H,11,13H2. The lowest BCUT2D eigenvalue weighted by molar-refractivity contribution is 0.344. The fourth-order valence-electron chi connectivity index (χ4n) is 2.53. The molecule has 0 fully saturated rings. The summed E-state index contributed by atoms with van der Waals surface area (Å²) in [5.74, 6) is 2.26. The van der Waals surface area contributed by atoms with Crippen LogP contribution in [0.15, 0.2) is 71.1 Å². The number of thioether (sulfide) groups is 1. The van der Waals surface area contributed by atoms with Crippen LogP contribution in [0, 0.1) is 0 Å². The zero-order chi connectivity index (χ0) is 17.8. The van der Waals surface area contributed by atoms with E-state index in [2.05, 4.69) is 6.07 Å². The predicted molar refractivity (Wildman–Crippen MR) is 111 cm³/mol. The number of aromatic nitrogens is 2. The number of para-hydroxylation sites is 2. The molecule has 0 atom stereocenters. The number of ether oxygens (including phenoxy) is 1. The predicted octanol–water partition coefficient (Wildman–Crippen LogP) is 6.18. The first kappa shape index (κ1) is 17.3. The molecule has 0 bridgehead atoms. The van der Waals surface area contributed by atoms with Crippen LogP contribution in [0.4, 0.5) is 0 Å². The highest BCUT2D eigenvalue weighted by Gasteiger charge is 2.10. The second kappa shape index (κ2) is 8.08. The Balaban J connectivity index is 1.53. The van der Waals surface area contributed by atoms with Crippen LogP contribution in [0.1, 0.15) is 0 Å². The molecule has 2 heterocycles. The molecule has 0 spiro atoms. The van der Waals surface area contributed by atoms with Crippen molar-refractivity contribution in [3.05, 3.63) is 71.1 Å². The Kier molecular flexibility index (Phi) is 5.39. The second-order valence-corrected chi connectivity index (χ2v) is 7.91. The fourth-order valence-corrected chi connectivity index (χ4v) is 4.21. The molecule has 3 nitrogen and oxygen atoms in total. The Bertz CT molecular complexity index is 1020. The van der Waals surface area contributed by atoms with E-state index in [9.17, 15) is 0 Å². The van der Waals surface area contributed by atoms with Crippen LogP contribution in [0.2, 0.25) is 5.02 Å². The van der Waals surface area contributed by atoms with Crippen LogP contribution in [0.25, 0.3) is 21.6 Å².